The van der Waals surface area contributed by atoms with Crippen molar-refractivity contribution in [2.45, 2.75) is 172 Å². The second-order valence-electron chi connectivity index (χ2n) is 21.0. The minimum Gasteiger partial charge on any atom is -0.396 e. The first-order chi connectivity index (χ1) is 26.2. The van der Waals surface area contributed by atoms with Gasteiger partial charge in [-0.15, -0.1) is 0 Å². The minimum absolute atomic E-state index is 0.0256. The molecule has 320 valence electrons. The molecule has 3 aliphatic heterocycles. The van der Waals surface area contributed by atoms with Gasteiger partial charge in [0.1, 0.15) is 48.8 Å². The Morgan fingerprint density at radius 2 is 1.34 bits per heavy atom. The molecule has 5 aliphatic carbocycles. The second kappa shape index (κ2) is 13.9. The average molecular weight is 797 g/mol. The zero-order valence-electron chi connectivity index (χ0n) is 33.9. The monoisotopic (exact) mass is 796 g/mol. The molecule has 0 amide bonds. The van der Waals surface area contributed by atoms with Gasteiger partial charge in [-0.3, -0.25) is 0 Å². The van der Waals surface area contributed by atoms with Crippen molar-refractivity contribution >= 4 is 0 Å². The third-order valence-electron chi connectivity index (χ3n) is 18.0. The summed E-state index contributed by atoms with van der Waals surface area (Å²) in [5.74, 6) is 0.312. The predicted octanol–water partition coefficient (Wildman–Crippen LogP) is 0.749. The van der Waals surface area contributed by atoms with Gasteiger partial charge in [0, 0.05) is 22.2 Å². The number of aliphatic hydroxyl groups is 9. The van der Waals surface area contributed by atoms with E-state index in [1.54, 1.807) is 0 Å². The van der Waals surface area contributed by atoms with Gasteiger partial charge in [0.15, 0.2) is 12.6 Å². The van der Waals surface area contributed by atoms with Crippen LogP contribution < -0.4 is 0 Å². The van der Waals surface area contributed by atoms with E-state index in [9.17, 15) is 46.0 Å². The first kappa shape index (κ1) is 41.9. The van der Waals surface area contributed by atoms with Crippen LogP contribution in [0.3, 0.4) is 0 Å². The lowest BCUT2D eigenvalue weighted by Gasteiger charge is -2.73. The van der Waals surface area contributed by atoms with Crippen molar-refractivity contribution in [1.82, 2.24) is 0 Å². The van der Waals surface area contributed by atoms with Crippen molar-refractivity contribution in [2.24, 2.45) is 50.2 Å². The van der Waals surface area contributed by atoms with Crippen LogP contribution in [-0.2, 0) is 23.7 Å². The lowest BCUT2D eigenvalue weighted by atomic mass is 9.32. The van der Waals surface area contributed by atoms with Crippen LogP contribution in [0.25, 0.3) is 0 Å². The molecule has 3 heterocycles. The second-order valence-corrected chi connectivity index (χ2v) is 21.0. The number of aliphatic hydroxyl groups excluding tert-OH is 9. The van der Waals surface area contributed by atoms with Gasteiger partial charge in [-0.05, 0) is 79.4 Å². The Balaban J connectivity index is 1.09. The number of hydrogen-bond donors (Lipinski definition) is 9. The Labute approximate surface area is 330 Å². The van der Waals surface area contributed by atoms with Gasteiger partial charge in [0.2, 0.25) is 0 Å². The van der Waals surface area contributed by atoms with Crippen LogP contribution in [0.5, 0.6) is 0 Å². The highest BCUT2D eigenvalue weighted by Gasteiger charge is 2.79. The van der Waals surface area contributed by atoms with Crippen molar-refractivity contribution in [2.75, 3.05) is 26.4 Å². The first-order valence-corrected chi connectivity index (χ1v) is 21.1. The molecule has 0 aromatic carbocycles. The summed E-state index contributed by atoms with van der Waals surface area (Å²) < 4.78 is 31.4. The number of rotatable bonds is 7. The normalized spacial score (nSPS) is 58.8. The van der Waals surface area contributed by atoms with Gasteiger partial charge in [-0.1, -0.05) is 53.7 Å². The maximum absolute atomic E-state index is 12.1. The van der Waals surface area contributed by atoms with Crippen molar-refractivity contribution in [3.8, 4) is 0 Å². The molecule has 0 radical (unpaired) electrons. The molecule has 21 unspecified atom stereocenters. The van der Waals surface area contributed by atoms with Crippen molar-refractivity contribution in [1.29, 1.82) is 0 Å². The molecular formula is C42H68O14. The highest BCUT2D eigenvalue weighted by molar-refractivity contribution is 5.36. The smallest absolute Gasteiger partial charge is 0.187 e. The summed E-state index contributed by atoms with van der Waals surface area (Å²) in [5.41, 5.74) is -2.19. The van der Waals surface area contributed by atoms with Crippen LogP contribution in [0, 0.1) is 50.2 Å². The fourth-order valence-electron chi connectivity index (χ4n) is 14.3. The van der Waals surface area contributed by atoms with E-state index >= 15 is 0 Å². The molecule has 2 bridgehead atoms. The van der Waals surface area contributed by atoms with Gasteiger partial charge in [0.25, 0.3) is 0 Å². The van der Waals surface area contributed by atoms with Crippen molar-refractivity contribution < 1.29 is 69.6 Å². The summed E-state index contributed by atoms with van der Waals surface area (Å²) in [4.78, 5) is 0. The topological polar surface area (TPSA) is 228 Å². The molecule has 0 aromatic heterocycles. The summed E-state index contributed by atoms with van der Waals surface area (Å²) >= 11 is 0. The highest BCUT2D eigenvalue weighted by atomic mass is 16.8. The van der Waals surface area contributed by atoms with E-state index in [1.165, 1.54) is 0 Å². The Hall–Kier alpha value is -0.820. The van der Waals surface area contributed by atoms with E-state index < -0.39 is 97.8 Å². The number of allylic oxidation sites excluding steroid dienone is 1. The summed E-state index contributed by atoms with van der Waals surface area (Å²) in [6.07, 6.45) is -5.19. The van der Waals surface area contributed by atoms with Crippen LogP contribution >= 0.6 is 0 Å². The van der Waals surface area contributed by atoms with Crippen molar-refractivity contribution in [3.05, 3.63) is 12.2 Å². The molecule has 8 aliphatic rings. The van der Waals surface area contributed by atoms with Gasteiger partial charge in [-0.25, -0.2) is 0 Å². The maximum atomic E-state index is 12.1. The zero-order valence-corrected chi connectivity index (χ0v) is 33.9. The van der Waals surface area contributed by atoms with E-state index in [0.29, 0.717) is 19.4 Å². The quantitative estimate of drug-likeness (QED) is 0.128. The van der Waals surface area contributed by atoms with Gasteiger partial charge in [-0.2, -0.15) is 0 Å². The summed E-state index contributed by atoms with van der Waals surface area (Å²) in [6.45, 7) is 12.9. The number of fused-ring (bicyclic) bond motifs is 4. The van der Waals surface area contributed by atoms with E-state index in [4.69, 9.17) is 23.7 Å². The molecule has 21 atom stereocenters. The SMILES string of the molecule is CC1(C)CCC23COC4(C=CC5C6(C)CCC(OC7OC(CO)C(O)C(O)C7OC7OC(CO)C(O)C(O)C7O)C(C)(CO)C6CCC5(C)C4(C)CC2O)C3C1. The number of ether oxygens (including phenoxy) is 5. The number of hydrogen-bond acceptors (Lipinski definition) is 14. The molecule has 1 spiro atoms. The molecule has 0 aromatic rings. The predicted molar refractivity (Wildman–Crippen MR) is 198 cm³/mol. The van der Waals surface area contributed by atoms with E-state index in [1.807, 2.05) is 6.92 Å². The third kappa shape index (κ3) is 5.51. The molecule has 9 N–H and O–H groups in total. The lowest BCUT2D eigenvalue weighted by molar-refractivity contribution is -0.379. The minimum atomic E-state index is -1.78. The molecule has 56 heavy (non-hydrogen) atoms. The van der Waals surface area contributed by atoms with Gasteiger partial charge in [0.05, 0.1) is 44.2 Å². The molecular weight excluding hydrogens is 728 g/mol. The lowest BCUT2D eigenvalue weighted by Crippen LogP contribution is -2.72. The molecule has 4 saturated carbocycles. The summed E-state index contributed by atoms with van der Waals surface area (Å²) in [6, 6.07) is 0. The van der Waals surface area contributed by atoms with E-state index in [-0.39, 0.29) is 51.4 Å². The third-order valence-corrected chi connectivity index (χ3v) is 18.0. The average Bonchev–Trinajstić information content (AvgIpc) is 3.43. The summed E-state index contributed by atoms with van der Waals surface area (Å²) in [7, 11) is 0. The summed E-state index contributed by atoms with van der Waals surface area (Å²) in [5, 5.41) is 97.0. The molecule has 14 heteroatoms. The van der Waals surface area contributed by atoms with Crippen LogP contribution in [0.15, 0.2) is 12.2 Å². The molecule has 8 rings (SSSR count). The van der Waals surface area contributed by atoms with Gasteiger partial charge < -0.3 is 69.6 Å². The van der Waals surface area contributed by atoms with E-state index in [0.717, 1.165) is 38.5 Å². The Morgan fingerprint density at radius 1 is 0.679 bits per heavy atom. The highest BCUT2D eigenvalue weighted by Crippen LogP contribution is 2.79. The fraction of sp³-hybridized carbons (Fsp3) is 0.952. The Morgan fingerprint density at radius 3 is 2.00 bits per heavy atom. The van der Waals surface area contributed by atoms with Crippen LogP contribution in [0.2, 0.25) is 0 Å². The van der Waals surface area contributed by atoms with Crippen LogP contribution in [0.1, 0.15) is 92.9 Å². The molecule has 14 nitrogen and oxygen atoms in total. The fourth-order valence-corrected chi connectivity index (χ4v) is 14.3. The van der Waals surface area contributed by atoms with Gasteiger partial charge >= 0.3 is 0 Å². The van der Waals surface area contributed by atoms with Crippen molar-refractivity contribution in [3.63, 3.8) is 0 Å². The van der Waals surface area contributed by atoms with Crippen LogP contribution in [-0.4, -0.2) is 152 Å². The van der Waals surface area contributed by atoms with E-state index in [2.05, 4.69) is 46.8 Å². The molecule has 7 fully saturated rings. The molecule has 3 saturated heterocycles. The maximum Gasteiger partial charge on any atom is 0.187 e. The standard InChI is InChI=1S/C42H68O14/c1-36(2)13-14-41-20-52-42(25(41)15-36)12-8-24-37(3)10-9-27(38(4,19-45)23(37)7-11-39(24,5)40(42,6)16-26(41)46)55-35-33(31(50)29(48)22(18-44)54-35)56-34-32(51)30(49)28(47)21(17-43)53-34/h8,12,21-35,43-51H,7,9-11,13-20H2,1-6H3. The van der Waals surface area contributed by atoms with Crippen LogP contribution in [0.4, 0.5) is 0 Å². The Bertz CT molecular complexity index is 1510. The largest absolute Gasteiger partial charge is 0.396 e. The zero-order chi connectivity index (χ0) is 40.6. The Kier molecular flexibility index (Phi) is 10.4. The first-order valence-electron chi connectivity index (χ1n) is 21.1.